The number of fused-ring (bicyclic) bond motifs is 1. The zero-order valence-electron chi connectivity index (χ0n) is 17.1. The molecule has 1 heterocycles. The van der Waals surface area contributed by atoms with Crippen LogP contribution in [0.25, 0.3) is 22.2 Å². The molecule has 1 aromatic heterocycles. The summed E-state index contributed by atoms with van der Waals surface area (Å²) in [6, 6.07) is 20.4. The molecule has 0 bridgehead atoms. The van der Waals surface area contributed by atoms with E-state index < -0.39 is 6.10 Å². The van der Waals surface area contributed by atoms with Gasteiger partial charge in [-0.3, -0.25) is 0 Å². The van der Waals surface area contributed by atoms with Gasteiger partial charge in [-0.05, 0) is 43.6 Å². The molecule has 28 heavy (non-hydrogen) atoms. The van der Waals surface area contributed by atoms with Gasteiger partial charge >= 0.3 is 0 Å². The van der Waals surface area contributed by atoms with Crippen LogP contribution >= 0.6 is 0 Å². The third kappa shape index (κ3) is 5.18. The van der Waals surface area contributed by atoms with E-state index in [9.17, 15) is 5.11 Å². The first-order chi connectivity index (χ1) is 13.7. The summed E-state index contributed by atoms with van der Waals surface area (Å²) in [5, 5.41) is 12.2. The highest BCUT2D eigenvalue weighted by atomic mass is 16.3. The van der Waals surface area contributed by atoms with Crippen molar-refractivity contribution in [2.24, 2.45) is 0 Å². The van der Waals surface area contributed by atoms with E-state index in [1.165, 1.54) is 25.7 Å². The fourth-order valence-electron chi connectivity index (χ4n) is 3.64. The van der Waals surface area contributed by atoms with Crippen molar-refractivity contribution < 1.29 is 5.11 Å². The second-order valence-electron chi connectivity index (χ2n) is 7.50. The van der Waals surface area contributed by atoms with E-state index in [4.69, 9.17) is 4.98 Å². The van der Waals surface area contributed by atoms with Crippen LogP contribution in [0.5, 0.6) is 0 Å². The second kappa shape index (κ2) is 10.4. The van der Waals surface area contributed by atoms with Gasteiger partial charge in [0.1, 0.15) is 0 Å². The third-order valence-corrected chi connectivity index (χ3v) is 5.26. The van der Waals surface area contributed by atoms with Gasteiger partial charge in [0.05, 0.1) is 17.3 Å². The van der Waals surface area contributed by atoms with Crippen LogP contribution in [0.2, 0.25) is 0 Å². The van der Waals surface area contributed by atoms with Crippen LogP contribution in [0.3, 0.4) is 0 Å². The van der Waals surface area contributed by atoms with Crippen molar-refractivity contribution in [2.75, 3.05) is 19.6 Å². The highest BCUT2D eigenvalue weighted by molar-refractivity contribution is 5.85. The Morgan fingerprint density at radius 3 is 2.21 bits per heavy atom. The van der Waals surface area contributed by atoms with E-state index in [1.807, 2.05) is 36.4 Å². The first kappa shape index (κ1) is 20.5. The van der Waals surface area contributed by atoms with E-state index >= 15 is 0 Å². The minimum absolute atomic E-state index is 0.524. The van der Waals surface area contributed by atoms with Crippen molar-refractivity contribution in [3.05, 3.63) is 66.2 Å². The van der Waals surface area contributed by atoms with Crippen LogP contribution in [-0.2, 0) is 0 Å². The smallest absolute Gasteiger partial charge is 0.0924 e. The van der Waals surface area contributed by atoms with E-state index in [0.717, 1.165) is 40.8 Å². The molecule has 3 aromatic rings. The first-order valence-electron chi connectivity index (χ1n) is 10.6. The summed E-state index contributed by atoms with van der Waals surface area (Å²) in [5.41, 5.74) is 3.91. The number of aliphatic hydroxyl groups excluding tert-OH is 1. The topological polar surface area (TPSA) is 36.4 Å². The van der Waals surface area contributed by atoms with E-state index in [0.29, 0.717) is 6.54 Å². The number of benzene rings is 2. The molecule has 0 unspecified atom stereocenters. The van der Waals surface area contributed by atoms with Gasteiger partial charge in [0.25, 0.3) is 0 Å². The Kier molecular flexibility index (Phi) is 7.58. The molecule has 3 rings (SSSR count). The van der Waals surface area contributed by atoms with Crippen molar-refractivity contribution in [1.29, 1.82) is 0 Å². The zero-order chi connectivity index (χ0) is 19.8. The summed E-state index contributed by atoms with van der Waals surface area (Å²) in [6.45, 7) is 7.19. The lowest BCUT2D eigenvalue weighted by atomic mass is 9.99. The molecule has 0 radical (unpaired) electrons. The normalized spacial score (nSPS) is 12.6. The Morgan fingerprint density at radius 1 is 0.893 bits per heavy atom. The van der Waals surface area contributed by atoms with Crippen LogP contribution in [0.1, 0.15) is 51.2 Å². The highest BCUT2D eigenvalue weighted by Crippen LogP contribution is 2.29. The Balaban J connectivity index is 1.93. The Morgan fingerprint density at radius 2 is 1.54 bits per heavy atom. The predicted molar refractivity (Wildman–Crippen MR) is 118 cm³/mol. The molecule has 1 N–H and O–H groups in total. The van der Waals surface area contributed by atoms with Gasteiger partial charge < -0.3 is 10.0 Å². The number of para-hydroxylation sites is 1. The van der Waals surface area contributed by atoms with Crippen LogP contribution < -0.4 is 0 Å². The number of hydrogen-bond donors (Lipinski definition) is 1. The molecule has 2 aromatic carbocycles. The van der Waals surface area contributed by atoms with Crippen LogP contribution in [-0.4, -0.2) is 34.6 Å². The number of unbranched alkanes of at least 4 members (excludes halogenated alkanes) is 2. The molecule has 148 valence electrons. The maximum atomic E-state index is 11.2. The van der Waals surface area contributed by atoms with Crippen molar-refractivity contribution in [3.8, 4) is 11.3 Å². The summed E-state index contributed by atoms with van der Waals surface area (Å²) >= 11 is 0. The third-order valence-electron chi connectivity index (χ3n) is 5.26. The molecule has 0 aliphatic rings. The Hall–Kier alpha value is -2.23. The summed E-state index contributed by atoms with van der Waals surface area (Å²) in [4.78, 5) is 7.25. The minimum atomic E-state index is -0.524. The molecule has 0 spiro atoms. The van der Waals surface area contributed by atoms with E-state index in [1.54, 1.807) is 0 Å². The first-order valence-corrected chi connectivity index (χ1v) is 10.6. The molecule has 0 fully saturated rings. The summed E-state index contributed by atoms with van der Waals surface area (Å²) in [7, 11) is 0. The number of aliphatic hydroxyl groups is 1. The second-order valence-corrected chi connectivity index (χ2v) is 7.50. The van der Waals surface area contributed by atoms with Gasteiger partial charge in [0.15, 0.2) is 0 Å². The number of pyridine rings is 1. The molecule has 3 heteroatoms. The number of rotatable bonds is 10. The fourth-order valence-corrected chi connectivity index (χ4v) is 3.64. The minimum Gasteiger partial charge on any atom is -0.387 e. The lowest BCUT2D eigenvalue weighted by molar-refractivity contribution is 0.112. The number of aromatic nitrogens is 1. The summed E-state index contributed by atoms with van der Waals surface area (Å²) in [5.74, 6) is 0. The maximum absolute atomic E-state index is 11.2. The molecule has 0 saturated heterocycles. The van der Waals surface area contributed by atoms with Crippen molar-refractivity contribution in [2.45, 2.75) is 45.6 Å². The Labute approximate surface area is 169 Å². The lowest BCUT2D eigenvalue weighted by Gasteiger charge is -2.26. The average molecular weight is 377 g/mol. The zero-order valence-corrected chi connectivity index (χ0v) is 17.1. The fraction of sp³-hybridized carbons (Fsp3) is 0.400. The molecule has 0 aliphatic carbocycles. The van der Waals surface area contributed by atoms with Gasteiger partial charge in [0, 0.05) is 17.5 Å². The number of nitrogens with zero attached hydrogens (tertiary/aromatic N) is 2. The molecular formula is C25H32N2O. The van der Waals surface area contributed by atoms with E-state index in [-0.39, 0.29) is 0 Å². The molecule has 0 saturated carbocycles. The average Bonchev–Trinajstić information content (AvgIpc) is 2.75. The van der Waals surface area contributed by atoms with Gasteiger partial charge in [-0.25, -0.2) is 4.98 Å². The van der Waals surface area contributed by atoms with Gasteiger partial charge in [-0.15, -0.1) is 0 Å². The van der Waals surface area contributed by atoms with Gasteiger partial charge in [-0.2, -0.15) is 0 Å². The molecular weight excluding hydrogens is 344 g/mol. The van der Waals surface area contributed by atoms with Crippen molar-refractivity contribution in [3.63, 3.8) is 0 Å². The Bertz CT molecular complexity index is 855. The predicted octanol–water partition coefficient (Wildman–Crippen LogP) is 5.84. The molecule has 0 aliphatic heterocycles. The largest absolute Gasteiger partial charge is 0.387 e. The monoisotopic (exact) mass is 376 g/mol. The standard InChI is InChI=1S/C25H32N2O/c1-3-5-16-27(17-6-4-2)19-25(28)22-18-24(20-12-8-7-9-13-20)26-23-15-11-10-14-21(22)23/h7-15,18,25,28H,3-6,16-17,19H2,1-2H3/t25-/m1/s1. The number of hydrogen-bond acceptors (Lipinski definition) is 3. The van der Waals surface area contributed by atoms with Crippen molar-refractivity contribution >= 4 is 10.9 Å². The lowest BCUT2D eigenvalue weighted by Crippen LogP contribution is -2.31. The summed E-state index contributed by atoms with van der Waals surface area (Å²) in [6.07, 6.45) is 4.17. The summed E-state index contributed by atoms with van der Waals surface area (Å²) < 4.78 is 0. The van der Waals surface area contributed by atoms with Crippen LogP contribution in [0.15, 0.2) is 60.7 Å². The SMILES string of the molecule is CCCCN(CCCC)C[C@@H](O)c1cc(-c2ccccc2)nc2ccccc12. The van der Waals surface area contributed by atoms with Crippen LogP contribution in [0.4, 0.5) is 0 Å². The molecule has 1 atom stereocenters. The molecule has 3 nitrogen and oxygen atoms in total. The quantitative estimate of drug-likeness (QED) is 0.483. The molecule has 0 amide bonds. The van der Waals surface area contributed by atoms with Crippen molar-refractivity contribution in [1.82, 2.24) is 9.88 Å². The van der Waals surface area contributed by atoms with E-state index in [2.05, 4.69) is 43.0 Å². The van der Waals surface area contributed by atoms with Gasteiger partial charge in [0.2, 0.25) is 0 Å². The highest BCUT2D eigenvalue weighted by Gasteiger charge is 2.17. The van der Waals surface area contributed by atoms with Crippen LogP contribution in [0, 0.1) is 0 Å². The maximum Gasteiger partial charge on any atom is 0.0924 e. The van der Waals surface area contributed by atoms with Gasteiger partial charge in [-0.1, -0.05) is 75.2 Å².